The molecular weight excluding hydrogens is 379 g/mol. The van der Waals surface area contributed by atoms with E-state index in [4.69, 9.17) is 28.2 Å². The highest BCUT2D eigenvalue weighted by Crippen LogP contribution is 2.34. The van der Waals surface area contributed by atoms with Crippen molar-refractivity contribution in [2.75, 3.05) is 16.8 Å². The molecule has 2 aromatic carbocycles. The molecule has 4 rings (SSSR count). The maximum atomic E-state index is 6.21. The minimum Gasteiger partial charge on any atom is -0.345 e. The van der Waals surface area contributed by atoms with Gasteiger partial charge in [-0.3, -0.25) is 0 Å². The highest BCUT2D eigenvalue weighted by Gasteiger charge is 2.23. The fraction of sp³-hybridized carbons (Fsp3) is 0.143. The number of hydrogen-bond donors (Lipinski definition) is 1. The topological polar surface area (TPSA) is 41.1 Å². The standard InChI is InChI=1S/C21H18Cl2N4/c1-14(15-9-10-18(22)19(23)12-15)27-11-5-6-16-13-24-21(26-20(16)27)25-17-7-3-2-4-8-17/h2-10,12-14H,11H2,1H3,(H,24,25,26). The highest BCUT2D eigenvalue weighted by atomic mass is 35.5. The van der Waals surface area contributed by atoms with Gasteiger partial charge in [0.1, 0.15) is 5.82 Å². The molecule has 6 heteroatoms. The Morgan fingerprint density at radius 3 is 2.67 bits per heavy atom. The van der Waals surface area contributed by atoms with Crippen LogP contribution in [0.25, 0.3) is 6.08 Å². The van der Waals surface area contributed by atoms with Gasteiger partial charge in [0.2, 0.25) is 5.95 Å². The van der Waals surface area contributed by atoms with Crippen molar-refractivity contribution >= 4 is 46.7 Å². The van der Waals surface area contributed by atoms with Crippen molar-refractivity contribution in [3.63, 3.8) is 0 Å². The smallest absolute Gasteiger partial charge is 0.229 e. The predicted octanol–water partition coefficient (Wildman–Crippen LogP) is 6.12. The lowest BCUT2D eigenvalue weighted by atomic mass is 10.0. The van der Waals surface area contributed by atoms with E-state index in [0.717, 1.165) is 29.2 Å². The van der Waals surface area contributed by atoms with E-state index >= 15 is 0 Å². The quantitative estimate of drug-likeness (QED) is 0.576. The zero-order valence-electron chi connectivity index (χ0n) is 14.7. The van der Waals surface area contributed by atoms with Gasteiger partial charge in [-0.15, -0.1) is 0 Å². The van der Waals surface area contributed by atoms with Crippen molar-refractivity contribution in [1.29, 1.82) is 0 Å². The molecule has 1 aliphatic heterocycles. The number of nitrogens with zero attached hydrogens (tertiary/aromatic N) is 3. The number of benzene rings is 2. The molecule has 0 radical (unpaired) electrons. The summed E-state index contributed by atoms with van der Waals surface area (Å²) in [6, 6.07) is 15.7. The molecule has 1 N–H and O–H groups in total. The van der Waals surface area contributed by atoms with Gasteiger partial charge in [-0.2, -0.15) is 4.98 Å². The lowest BCUT2D eigenvalue weighted by Gasteiger charge is -2.33. The molecule has 0 spiro atoms. The van der Waals surface area contributed by atoms with Crippen LogP contribution in [0.2, 0.25) is 10.0 Å². The zero-order valence-corrected chi connectivity index (χ0v) is 16.2. The summed E-state index contributed by atoms with van der Waals surface area (Å²) in [5.41, 5.74) is 3.03. The van der Waals surface area contributed by atoms with E-state index in [-0.39, 0.29) is 6.04 Å². The Hall–Kier alpha value is -2.56. The fourth-order valence-corrected chi connectivity index (χ4v) is 3.42. The van der Waals surface area contributed by atoms with Crippen LogP contribution in [0.5, 0.6) is 0 Å². The predicted molar refractivity (Wildman–Crippen MR) is 113 cm³/mol. The van der Waals surface area contributed by atoms with Crippen molar-refractivity contribution < 1.29 is 0 Å². The van der Waals surface area contributed by atoms with E-state index in [0.29, 0.717) is 16.0 Å². The first-order valence-corrected chi connectivity index (χ1v) is 9.44. The number of hydrogen-bond acceptors (Lipinski definition) is 4. The second-order valence-electron chi connectivity index (χ2n) is 6.37. The summed E-state index contributed by atoms with van der Waals surface area (Å²) < 4.78 is 0. The van der Waals surface area contributed by atoms with Crippen molar-refractivity contribution in [2.45, 2.75) is 13.0 Å². The first kappa shape index (κ1) is 17.8. The highest BCUT2D eigenvalue weighted by molar-refractivity contribution is 6.42. The number of para-hydroxylation sites is 1. The summed E-state index contributed by atoms with van der Waals surface area (Å²) in [5, 5.41) is 4.38. The van der Waals surface area contributed by atoms with Gasteiger partial charge in [-0.25, -0.2) is 4.98 Å². The van der Waals surface area contributed by atoms with Crippen LogP contribution in [0.1, 0.15) is 24.1 Å². The Bertz CT molecular complexity index is 989. The van der Waals surface area contributed by atoms with Crippen molar-refractivity contribution in [2.24, 2.45) is 0 Å². The minimum atomic E-state index is 0.0861. The van der Waals surface area contributed by atoms with Crippen LogP contribution in [0, 0.1) is 0 Å². The molecule has 136 valence electrons. The molecule has 0 saturated carbocycles. The molecular formula is C21H18Cl2N4. The molecule has 1 atom stereocenters. The molecule has 1 aliphatic rings. The van der Waals surface area contributed by atoms with Gasteiger partial charge in [0.25, 0.3) is 0 Å². The van der Waals surface area contributed by atoms with Gasteiger partial charge in [0.05, 0.1) is 16.1 Å². The van der Waals surface area contributed by atoms with Gasteiger partial charge < -0.3 is 10.2 Å². The molecule has 27 heavy (non-hydrogen) atoms. The molecule has 0 amide bonds. The van der Waals surface area contributed by atoms with E-state index in [2.05, 4.69) is 34.3 Å². The largest absolute Gasteiger partial charge is 0.345 e. The second-order valence-corrected chi connectivity index (χ2v) is 7.18. The number of rotatable bonds is 4. The lowest BCUT2D eigenvalue weighted by Crippen LogP contribution is -2.30. The van der Waals surface area contributed by atoms with E-state index in [9.17, 15) is 0 Å². The average Bonchev–Trinajstić information content (AvgIpc) is 2.70. The zero-order chi connectivity index (χ0) is 18.8. The maximum absolute atomic E-state index is 6.21. The van der Waals surface area contributed by atoms with Gasteiger partial charge in [0.15, 0.2) is 0 Å². The third kappa shape index (κ3) is 3.77. The van der Waals surface area contributed by atoms with Crippen molar-refractivity contribution in [3.8, 4) is 0 Å². The second kappa shape index (κ2) is 7.59. The number of anilines is 3. The third-order valence-corrected chi connectivity index (χ3v) is 5.33. The Kier molecular flexibility index (Phi) is 5.01. The average molecular weight is 397 g/mol. The molecule has 0 aliphatic carbocycles. The Morgan fingerprint density at radius 2 is 1.89 bits per heavy atom. The van der Waals surface area contributed by atoms with Crippen LogP contribution in [0.15, 0.2) is 60.8 Å². The fourth-order valence-electron chi connectivity index (χ4n) is 3.11. The van der Waals surface area contributed by atoms with Gasteiger partial charge in [-0.05, 0) is 36.8 Å². The Balaban J connectivity index is 1.66. The molecule has 1 aromatic heterocycles. The SMILES string of the molecule is CC(c1ccc(Cl)c(Cl)c1)N1CC=Cc2cnc(Nc3ccccc3)nc21. The van der Waals surface area contributed by atoms with Crippen molar-refractivity contribution in [3.05, 3.63) is 82.0 Å². The summed E-state index contributed by atoms with van der Waals surface area (Å²) in [4.78, 5) is 11.4. The molecule has 3 aromatic rings. The minimum absolute atomic E-state index is 0.0861. The molecule has 1 unspecified atom stereocenters. The van der Waals surface area contributed by atoms with E-state index in [1.54, 1.807) is 0 Å². The Labute approximate surface area is 168 Å². The first-order chi connectivity index (χ1) is 13.1. The molecule has 0 fully saturated rings. The van der Waals surface area contributed by atoms with Gasteiger partial charge in [0, 0.05) is 24.0 Å². The van der Waals surface area contributed by atoms with Crippen LogP contribution in [0.4, 0.5) is 17.5 Å². The monoisotopic (exact) mass is 396 g/mol. The first-order valence-electron chi connectivity index (χ1n) is 8.69. The molecule has 4 nitrogen and oxygen atoms in total. The van der Waals surface area contributed by atoms with Crippen LogP contribution in [0.3, 0.4) is 0 Å². The number of aromatic nitrogens is 2. The van der Waals surface area contributed by atoms with Crippen LogP contribution in [-0.2, 0) is 0 Å². The number of nitrogens with one attached hydrogen (secondary N) is 1. The molecule has 0 bridgehead atoms. The van der Waals surface area contributed by atoms with Crippen LogP contribution in [-0.4, -0.2) is 16.5 Å². The summed E-state index contributed by atoms with van der Waals surface area (Å²) in [6.07, 6.45) is 6.02. The summed E-state index contributed by atoms with van der Waals surface area (Å²) in [6.45, 7) is 2.89. The van der Waals surface area contributed by atoms with E-state index in [1.807, 2.05) is 54.7 Å². The third-order valence-electron chi connectivity index (χ3n) is 4.59. The summed E-state index contributed by atoms with van der Waals surface area (Å²) >= 11 is 12.3. The van der Waals surface area contributed by atoms with Crippen molar-refractivity contribution in [1.82, 2.24) is 9.97 Å². The molecule has 2 heterocycles. The van der Waals surface area contributed by atoms with Gasteiger partial charge in [-0.1, -0.05) is 59.6 Å². The van der Waals surface area contributed by atoms with E-state index < -0.39 is 0 Å². The maximum Gasteiger partial charge on any atom is 0.229 e. The van der Waals surface area contributed by atoms with Crippen LogP contribution < -0.4 is 10.2 Å². The van der Waals surface area contributed by atoms with Gasteiger partial charge >= 0.3 is 0 Å². The lowest BCUT2D eigenvalue weighted by molar-refractivity contribution is 0.693. The van der Waals surface area contributed by atoms with Crippen LogP contribution >= 0.6 is 23.2 Å². The number of fused-ring (bicyclic) bond motifs is 1. The summed E-state index contributed by atoms with van der Waals surface area (Å²) in [5.74, 6) is 1.46. The molecule has 0 saturated heterocycles. The van der Waals surface area contributed by atoms with E-state index in [1.165, 1.54) is 0 Å². The number of halogens is 2. The normalized spacial score (nSPS) is 14.0. The summed E-state index contributed by atoms with van der Waals surface area (Å²) in [7, 11) is 0. The Morgan fingerprint density at radius 1 is 1.07 bits per heavy atom.